The second-order valence-corrected chi connectivity index (χ2v) is 5.14. The first kappa shape index (κ1) is 12.8. The second-order valence-electron chi connectivity index (χ2n) is 4.06. The third kappa shape index (κ3) is 2.61. The molecule has 0 radical (unpaired) electrons. The third-order valence-electron chi connectivity index (χ3n) is 2.82. The third-order valence-corrected chi connectivity index (χ3v) is 3.79. The number of aromatic amines is 1. The maximum absolute atomic E-state index is 11.6. The predicted octanol–water partition coefficient (Wildman–Crippen LogP) is -0.0731. The number of nitrogens with one attached hydrogen (secondary N) is 1. The maximum Gasteiger partial charge on any atom is 0.266 e. The zero-order chi connectivity index (χ0) is 12.4. The topological polar surface area (TPSA) is 84.2 Å². The van der Waals surface area contributed by atoms with Crippen molar-refractivity contribution in [3.63, 3.8) is 0 Å². The van der Waals surface area contributed by atoms with Crippen molar-refractivity contribution in [1.82, 2.24) is 9.97 Å². The standard InChI is InChI=1S/C10H15IN4O2/c1-6-4-17-7(2-12)3-15(6)9-8(11)10(16)14-5-13-9/h5-7H,2-4,12H2,1H3,(H,13,14,16). The molecule has 2 heterocycles. The van der Waals surface area contributed by atoms with Crippen LogP contribution in [0.2, 0.25) is 0 Å². The molecule has 1 saturated heterocycles. The van der Waals surface area contributed by atoms with Gasteiger partial charge >= 0.3 is 0 Å². The van der Waals surface area contributed by atoms with Gasteiger partial charge in [-0.05, 0) is 29.5 Å². The smallest absolute Gasteiger partial charge is 0.266 e. The van der Waals surface area contributed by atoms with Crippen LogP contribution >= 0.6 is 22.6 Å². The summed E-state index contributed by atoms with van der Waals surface area (Å²) in [5, 5.41) is 0. The molecule has 0 amide bonds. The van der Waals surface area contributed by atoms with E-state index in [0.29, 0.717) is 29.1 Å². The van der Waals surface area contributed by atoms with Crippen molar-refractivity contribution < 1.29 is 4.74 Å². The SMILES string of the molecule is CC1COC(CN)CN1c1nc[nH]c(=O)c1I. The van der Waals surface area contributed by atoms with Gasteiger partial charge in [0.1, 0.15) is 9.39 Å². The molecule has 0 spiro atoms. The van der Waals surface area contributed by atoms with Crippen LogP contribution in [0.4, 0.5) is 5.82 Å². The molecule has 17 heavy (non-hydrogen) atoms. The number of halogens is 1. The summed E-state index contributed by atoms with van der Waals surface area (Å²) in [6, 6.07) is 0.195. The minimum atomic E-state index is -0.112. The second kappa shape index (κ2) is 5.32. The molecule has 6 nitrogen and oxygen atoms in total. The van der Waals surface area contributed by atoms with Crippen LogP contribution in [0, 0.1) is 3.57 Å². The molecule has 3 N–H and O–H groups in total. The van der Waals surface area contributed by atoms with E-state index in [0.717, 1.165) is 0 Å². The number of aromatic nitrogens is 2. The van der Waals surface area contributed by atoms with Crippen LogP contribution in [0.25, 0.3) is 0 Å². The molecule has 0 aromatic carbocycles. The Balaban J connectivity index is 2.31. The summed E-state index contributed by atoms with van der Waals surface area (Å²) in [6.07, 6.45) is 1.43. The Morgan fingerprint density at radius 2 is 2.53 bits per heavy atom. The van der Waals surface area contributed by atoms with Gasteiger partial charge in [-0.1, -0.05) is 0 Å². The molecule has 1 aromatic rings. The number of rotatable bonds is 2. The van der Waals surface area contributed by atoms with Gasteiger partial charge < -0.3 is 20.4 Å². The van der Waals surface area contributed by atoms with Crippen molar-refractivity contribution in [2.75, 3.05) is 24.6 Å². The minimum absolute atomic E-state index is 0.00286. The highest BCUT2D eigenvalue weighted by atomic mass is 127. The van der Waals surface area contributed by atoms with E-state index in [4.69, 9.17) is 10.5 Å². The van der Waals surface area contributed by atoms with Crippen LogP contribution in [0.5, 0.6) is 0 Å². The summed E-state index contributed by atoms with van der Waals surface area (Å²) in [7, 11) is 0. The lowest BCUT2D eigenvalue weighted by atomic mass is 10.2. The number of ether oxygens (including phenoxy) is 1. The quantitative estimate of drug-likeness (QED) is 0.730. The Morgan fingerprint density at radius 1 is 1.76 bits per heavy atom. The largest absolute Gasteiger partial charge is 0.373 e. The highest BCUT2D eigenvalue weighted by molar-refractivity contribution is 14.1. The fourth-order valence-corrected chi connectivity index (χ4v) is 2.43. The molecule has 1 aromatic heterocycles. The first-order valence-corrected chi connectivity index (χ1v) is 6.53. The number of hydrogen-bond donors (Lipinski definition) is 2. The van der Waals surface area contributed by atoms with E-state index in [1.165, 1.54) is 6.33 Å². The summed E-state index contributed by atoms with van der Waals surface area (Å²) in [6.45, 7) is 3.80. The Hall–Kier alpha value is -0.670. The van der Waals surface area contributed by atoms with Crippen LogP contribution in [0.1, 0.15) is 6.92 Å². The zero-order valence-corrected chi connectivity index (χ0v) is 11.7. The van der Waals surface area contributed by atoms with Gasteiger partial charge in [0.2, 0.25) is 0 Å². The summed E-state index contributed by atoms with van der Waals surface area (Å²) >= 11 is 2.02. The molecule has 94 valence electrons. The number of nitrogens with zero attached hydrogens (tertiary/aromatic N) is 2. The van der Waals surface area contributed by atoms with Gasteiger partial charge in [-0.3, -0.25) is 4.79 Å². The Labute approximate surface area is 113 Å². The molecule has 2 atom stereocenters. The van der Waals surface area contributed by atoms with Crippen LogP contribution in [0.15, 0.2) is 11.1 Å². The van der Waals surface area contributed by atoms with E-state index >= 15 is 0 Å². The van der Waals surface area contributed by atoms with Crippen molar-refractivity contribution in [2.24, 2.45) is 5.73 Å². The zero-order valence-electron chi connectivity index (χ0n) is 9.52. The fraction of sp³-hybridized carbons (Fsp3) is 0.600. The first-order chi connectivity index (χ1) is 8.13. The van der Waals surface area contributed by atoms with Crippen LogP contribution in [-0.4, -0.2) is 41.8 Å². The Kier molecular flexibility index (Phi) is 4.00. The normalized spacial score (nSPS) is 25.0. The van der Waals surface area contributed by atoms with Crippen molar-refractivity contribution in [3.05, 3.63) is 20.3 Å². The predicted molar refractivity (Wildman–Crippen MR) is 73.2 cm³/mol. The van der Waals surface area contributed by atoms with Crippen LogP contribution in [-0.2, 0) is 4.74 Å². The number of H-pyrrole nitrogens is 1. The molecule has 0 bridgehead atoms. The van der Waals surface area contributed by atoms with E-state index < -0.39 is 0 Å². The summed E-state index contributed by atoms with van der Waals surface area (Å²) in [5.41, 5.74) is 5.50. The molecule has 0 aliphatic carbocycles. The molecule has 1 aliphatic heterocycles. The molecular weight excluding hydrogens is 335 g/mol. The highest BCUT2D eigenvalue weighted by Gasteiger charge is 2.28. The lowest BCUT2D eigenvalue weighted by Crippen LogP contribution is -2.51. The van der Waals surface area contributed by atoms with Gasteiger partial charge in [-0.2, -0.15) is 0 Å². The molecule has 0 saturated carbocycles. The average Bonchev–Trinajstić information content (AvgIpc) is 2.34. The van der Waals surface area contributed by atoms with E-state index in [2.05, 4.69) is 14.9 Å². The van der Waals surface area contributed by atoms with Gasteiger partial charge in [-0.15, -0.1) is 0 Å². The van der Waals surface area contributed by atoms with E-state index in [-0.39, 0.29) is 17.7 Å². The van der Waals surface area contributed by atoms with Crippen molar-refractivity contribution in [3.8, 4) is 0 Å². The summed E-state index contributed by atoms with van der Waals surface area (Å²) in [5.74, 6) is 0.712. The average molecular weight is 350 g/mol. The molecule has 1 aliphatic rings. The number of hydrogen-bond acceptors (Lipinski definition) is 5. The molecular formula is C10H15IN4O2. The van der Waals surface area contributed by atoms with Gasteiger partial charge in [0.05, 0.1) is 25.1 Å². The molecule has 2 unspecified atom stereocenters. The summed E-state index contributed by atoms with van der Waals surface area (Å²) in [4.78, 5) is 20.4. The van der Waals surface area contributed by atoms with Crippen LogP contribution < -0.4 is 16.2 Å². The van der Waals surface area contributed by atoms with Crippen molar-refractivity contribution in [2.45, 2.75) is 19.1 Å². The monoisotopic (exact) mass is 350 g/mol. The Bertz CT molecular complexity index is 450. The maximum atomic E-state index is 11.6. The number of nitrogens with two attached hydrogens (primary N) is 1. The molecule has 1 fully saturated rings. The Morgan fingerprint density at radius 3 is 3.24 bits per heavy atom. The minimum Gasteiger partial charge on any atom is -0.373 e. The van der Waals surface area contributed by atoms with Gasteiger partial charge in [0, 0.05) is 13.1 Å². The molecule has 2 rings (SSSR count). The van der Waals surface area contributed by atoms with E-state index in [1.54, 1.807) is 0 Å². The lowest BCUT2D eigenvalue weighted by Gasteiger charge is -2.38. The van der Waals surface area contributed by atoms with E-state index in [9.17, 15) is 4.79 Å². The molecule has 7 heteroatoms. The number of anilines is 1. The van der Waals surface area contributed by atoms with E-state index in [1.807, 2.05) is 29.5 Å². The van der Waals surface area contributed by atoms with Gasteiger partial charge in [0.15, 0.2) is 0 Å². The van der Waals surface area contributed by atoms with Gasteiger partial charge in [-0.25, -0.2) is 4.98 Å². The highest BCUT2D eigenvalue weighted by Crippen LogP contribution is 2.21. The first-order valence-electron chi connectivity index (χ1n) is 5.45. The summed E-state index contributed by atoms with van der Waals surface area (Å²) < 4.78 is 6.18. The van der Waals surface area contributed by atoms with Gasteiger partial charge in [0.25, 0.3) is 5.56 Å². The van der Waals surface area contributed by atoms with Crippen molar-refractivity contribution >= 4 is 28.4 Å². The number of morpholine rings is 1. The van der Waals surface area contributed by atoms with Crippen molar-refractivity contribution in [1.29, 1.82) is 0 Å². The lowest BCUT2D eigenvalue weighted by molar-refractivity contribution is 0.0279. The fourth-order valence-electron chi connectivity index (χ4n) is 1.83. The van der Waals surface area contributed by atoms with Crippen LogP contribution in [0.3, 0.4) is 0 Å².